The van der Waals surface area contributed by atoms with Gasteiger partial charge in [-0.15, -0.1) is 11.6 Å². The van der Waals surface area contributed by atoms with E-state index in [1.54, 1.807) is 6.92 Å². The molecule has 2 saturated carbocycles. The quantitative estimate of drug-likeness (QED) is 0.638. The highest BCUT2D eigenvalue weighted by Crippen LogP contribution is 2.35. The van der Waals surface area contributed by atoms with Gasteiger partial charge in [0.15, 0.2) is 0 Å². The lowest BCUT2D eigenvalue weighted by atomic mass is 10.3. The molecule has 0 aromatic heterocycles. The summed E-state index contributed by atoms with van der Waals surface area (Å²) in [6.07, 6.45) is 4.96. The molecule has 2 rings (SSSR count). The molecule has 0 aromatic rings. The van der Waals surface area contributed by atoms with Crippen LogP contribution in [0, 0.1) is 5.92 Å². The van der Waals surface area contributed by atoms with Crippen LogP contribution in [0.5, 0.6) is 0 Å². The van der Waals surface area contributed by atoms with Gasteiger partial charge in [-0.1, -0.05) is 0 Å². The monoisotopic (exact) mass is 201 g/mol. The average Bonchev–Trinajstić information content (AvgIpc) is 2.90. The normalized spacial score (nSPS) is 24.2. The fourth-order valence-corrected chi connectivity index (χ4v) is 1.74. The van der Waals surface area contributed by atoms with E-state index in [4.69, 9.17) is 11.6 Å². The van der Waals surface area contributed by atoms with Gasteiger partial charge in [0.25, 0.3) is 0 Å². The van der Waals surface area contributed by atoms with Gasteiger partial charge in [-0.2, -0.15) is 0 Å². The van der Waals surface area contributed by atoms with Crippen molar-refractivity contribution < 1.29 is 4.79 Å². The first-order valence-electron chi connectivity index (χ1n) is 5.13. The molecule has 0 spiro atoms. The molecule has 2 fully saturated rings. The van der Waals surface area contributed by atoms with E-state index in [1.165, 1.54) is 25.7 Å². The van der Waals surface area contributed by atoms with Gasteiger partial charge in [-0.05, 0) is 38.5 Å². The van der Waals surface area contributed by atoms with Crippen molar-refractivity contribution in [1.82, 2.24) is 4.90 Å². The van der Waals surface area contributed by atoms with Crippen LogP contribution in [0.15, 0.2) is 0 Å². The highest BCUT2D eigenvalue weighted by Gasteiger charge is 2.37. The van der Waals surface area contributed by atoms with E-state index in [1.807, 2.05) is 4.90 Å². The smallest absolute Gasteiger partial charge is 0.240 e. The molecule has 1 atom stereocenters. The number of hydrogen-bond acceptors (Lipinski definition) is 1. The summed E-state index contributed by atoms with van der Waals surface area (Å²) in [7, 11) is 0. The van der Waals surface area contributed by atoms with Crippen molar-refractivity contribution in [3.05, 3.63) is 0 Å². The van der Waals surface area contributed by atoms with Crippen LogP contribution in [0.3, 0.4) is 0 Å². The Morgan fingerprint density at radius 1 is 1.46 bits per heavy atom. The third kappa shape index (κ3) is 2.37. The van der Waals surface area contributed by atoms with Crippen molar-refractivity contribution in [3.8, 4) is 0 Å². The summed E-state index contributed by atoms with van der Waals surface area (Å²) in [6, 6.07) is 0.522. The van der Waals surface area contributed by atoms with Crippen molar-refractivity contribution in [2.24, 2.45) is 5.92 Å². The summed E-state index contributed by atoms with van der Waals surface area (Å²) in [5.41, 5.74) is 0. The molecule has 0 aliphatic heterocycles. The maximum absolute atomic E-state index is 11.7. The number of nitrogens with zero attached hydrogens (tertiary/aromatic N) is 1. The third-order valence-corrected chi connectivity index (χ3v) is 2.95. The molecular formula is C10H16ClNO. The van der Waals surface area contributed by atoms with Crippen LogP contribution >= 0.6 is 11.6 Å². The molecular weight excluding hydrogens is 186 g/mol. The van der Waals surface area contributed by atoms with Crippen molar-refractivity contribution in [2.75, 3.05) is 6.54 Å². The van der Waals surface area contributed by atoms with Crippen LogP contribution in [0.1, 0.15) is 32.6 Å². The predicted molar refractivity (Wildman–Crippen MR) is 52.8 cm³/mol. The number of amides is 1. The van der Waals surface area contributed by atoms with Crippen molar-refractivity contribution in [3.63, 3.8) is 0 Å². The molecule has 0 heterocycles. The number of halogens is 1. The second kappa shape index (κ2) is 3.49. The Bertz CT molecular complexity index is 209. The van der Waals surface area contributed by atoms with Crippen molar-refractivity contribution in [1.29, 1.82) is 0 Å². The first-order valence-corrected chi connectivity index (χ1v) is 5.56. The summed E-state index contributed by atoms with van der Waals surface area (Å²) in [5.74, 6) is 0.913. The third-order valence-electron chi connectivity index (χ3n) is 2.76. The lowest BCUT2D eigenvalue weighted by Gasteiger charge is -2.23. The van der Waals surface area contributed by atoms with E-state index in [-0.39, 0.29) is 11.3 Å². The summed E-state index contributed by atoms with van der Waals surface area (Å²) in [4.78, 5) is 13.7. The van der Waals surface area contributed by atoms with E-state index < -0.39 is 0 Å². The van der Waals surface area contributed by atoms with Crippen LogP contribution in [0.4, 0.5) is 0 Å². The van der Waals surface area contributed by atoms with E-state index in [9.17, 15) is 4.79 Å². The van der Waals surface area contributed by atoms with Crippen LogP contribution in [0.25, 0.3) is 0 Å². The maximum Gasteiger partial charge on any atom is 0.240 e. The van der Waals surface area contributed by atoms with E-state index >= 15 is 0 Å². The minimum Gasteiger partial charge on any atom is -0.338 e. The molecule has 1 amide bonds. The van der Waals surface area contributed by atoms with Crippen molar-refractivity contribution >= 4 is 17.5 Å². The first kappa shape index (κ1) is 9.32. The second-order valence-electron chi connectivity index (χ2n) is 4.28. The van der Waals surface area contributed by atoms with E-state index in [2.05, 4.69) is 0 Å². The van der Waals surface area contributed by atoms with E-state index in [0.717, 1.165) is 12.5 Å². The lowest BCUT2D eigenvalue weighted by molar-refractivity contribution is -0.131. The van der Waals surface area contributed by atoms with Crippen LogP contribution in [0.2, 0.25) is 0 Å². The number of alkyl halides is 1. The summed E-state index contributed by atoms with van der Waals surface area (Å²) in [6.45, 7) is 2.73. The van der Waals surface area contributed by atoms with Gasteiger partial charge in [0, 0.05) is 12.6 Å². The SMILES string of the molecule is CC(Cl)C(=O)N(CC1CC1)C1CC1. The zero-order chi connectivity index (χ0) is 9.42. The minimum atomic E-state index is -0.348. The number of rotatable bonds is 4. The Kier molecular flexibility index (Phi) is 2.50. The van der Waals surface area contributed by atoms with Gasteiger partial charge in [-0.3, -0.25) is 4.79 Å². The molecule has 13 heavy (non-hydrogen) atoms. The average molecular weight is 202 g/mol. The Morgan fingerprint density at radius 3 is 2.46 bits per heavy atom. The molecule has 2 nitrogen and oxygen atoms in total. The standard InChI is InChI=1S/C10H16ClNO/c1-7(11)10(13)12(9-4-5-9)6-8-2-3-8/h7-9H,2-6H2,1H3. The lowest BCUT2D eigenvalue weighted by Crippen LogP contribution is -2.38. The van der Waals surface area contributed by atoms with Gasteiger partial charge >= 0.3 is 0 Å². The number of carbonyl (C=O) groups excluding carboxylic acids is 1. The van der Waals surface area contributed by atoms with Crippen LogP contribution in [-0.2, 0) is 4.79 Å². The van der Waals surface area contributed by atoms with Crippen LogP contribution < -0.4 is 0 Å². The fraction of sp³-hybridized carbons (Fsp3) is 0.900. The van der Waals surface area contributed by atoms with Gasteiger partial charge in [0.2, 0.25) is 5.91 Å². The minimum absolute atomic E-state index is 0.135. The summed E-state index contributed by atoms with van der Waals surface area (Å²) in [5, 5.41) is -0.348. The summed E-state index contributed by atoms with van der Waals surface area (Å²) < 4.78 is 0. The highest BCUT2D eigenvalue weighted by molar-refractivity contribution is 6.30. The molecule has 0 aromatic carbocycles. The molecule has 2 aliphatic carbocycles. The molecule has 0 radical (unpaired) electrons. The van der Waals surface area contributed by atoms with Gasteiger partial charge in [0.05, 0.1) is 0 Å². The molecule has 2 aliphatic rings. The first-order chi connectivity index (χ1) is 6.18. The van der Waals surface area contributed by atoms with Gasteiger partial charge in [-0.25, -0.2) is 0 Å². The highest BCUT2D eigenvalue weighted by atomic mass is 35.5. The van der Waals surface area contributed by atoms with Gasteiger partial charge < -0.3 is 4.90 Å². The zero-order valence-corrected chi connectivity index (χ0v) is 8.76. The summed E-state index contributed by atoms with van der Waals surface area (Å²) >= 11 is 5.81. The second-order valence-corrected chi connectivity index (χ2v) is 4.94. The molecule has 1 unspecified atom stereocenters. The Morgan fingerprint density at radius 2 is 2.08 bits per heavy atom. The molecule has 3 heteroatoms. The van der Waals surface area contributed by atoms with E-state index in [0.29, 0.717) is 6.04 Å². The Balaban J connectivity index is 1.90. The molecule has 0 saturated heterocycles. The Hall–Kier alpha value is -0.240. The largest absolute Gasteiger partial charge is 0.338 e. The number of hydrogen-bond donors (Lipinski definition) is 0. The predicted octanol–water partition coefficient (Wildman–Crippen LogP) is 2.01. The topological polar surface area (TPSA) is 20.3 Å². The number of carbonyl (C=O) groups is 1. The molecule has 74 valence electrons. The fourth-order valence-electron chi connectivity index (χ4n) is 1.61. The Labute approximate surface area is 84.2 Å². The van der Waals surface area contributed by atoms with Gasteiger partial charge in [0.1, 0.15) is 5.38 Å². The van der Waals surface area contributed by atoms with Crippen molar-refractivity contribution in [2.45, 2.75) is 44.0 Å². The zero-order valence-electron chi connectivity index (χ0n) is 8.00. The molecule has 0 N–H and O–H groups in total. The van der Waals surface area contributed by atoms with Crippen LogP contribution in [-0.4, -0.2) is 28.8 Å². The molecule has 0 bridgehead atoms. The maximum atomic E-state index is 11.7.